The highest BCUT2D eigenvalue weighted by Crippen LogP contribution is 2.38. The van der Waals surface area contributed by atoms with E-state index in [9.17, 15) is 0 Å². The van der Waals surface area contributed by atoms with Gasteiger partial charge in [-0.15, -0.1) is 11.8 Å². The number of anilines is 1. The molecule has 1 N–H and O–H groups in total. The molecule has 1 aromatic carbocycles. The molecule has 0 spiro atoms. The Hall–Kier alpha value is -0.630. The molecule has 0 bridgehead atoms. The van der Waals surface area contributed by atoms with Gasteiger partial charge >= 0.3 is 0 Å². The lowest BCUT2D eigenvalue weighted by Crippen LogP contribution is -2.13. The highest BCUT2D eigenvalue weighted by molar-refractivity contribution is 8.00. The largest absolute Gasteiger partial charge is 0.384 e. The molecule has 0 aliphatic heterocycles. The molecule has 0 radical (unpaired) electrons. The molecule has 0 atom stereocenters. The fourth-order valence-electron chi connectivity index (χ4n) is 2.47. The van der Waals surface area contributed by atoms with Crippen molar-refractivity contribution in [1.29, 1.82) is 0 Å². The summed E-state index contributed by atoms with van der Waals surface area (Å²) in [4.78, 5) is 1.43. The maximum Gasteiger partial charge on any atom is 0.0478 e. The second-order valence-corrected chi connectivity index (χ2v) is 8.10. The Morgan fingerprint density at radius 1 is 1.16 bits per heavy atom. The van der Waals surface area contributed by atoms with Gasteiger partial charge in [-0.3, -0.25) is 0 Å². The van der Waals surface area contributed by atoms with E-state index in [2.05, 4.69) is 62.1 Å². The van der Waals surface area contributed by atoms with Crippen molar-refractivity contribution in [2.75, 3.05) is 11.9 Å². The van der Waals surface area contributed by atoms with Gasteiger partial charge in [0.2, 0.25) is 0 Å². The fraction of sp³-hybridized carbons (Fsp3) is 0.647. The molecule has 0 unspecified atom stereocenters. The van der Waals surface area contributed by atoms with Crippen LogP contribution in [-0.2, 0) is 0 Å². The Balaban J connectivity index is 1.91. The smallest absolute Gasteiger partial charge is 0.0478 e. The van der Waals surface area contributed by atoms with Crippen LogP contribution >= 0.6 is 11.8 Å². The quantitative estimate of drug-likeness (QED) is 0.755. The zero-order chi connectivity index (χ0) is 13.7. The van der Waals surface area contributed by atoms with Crippen molar-refractivity contribution in [3.8, 4) is 0 Å². The second kappa shape index (κ2) is 6.69. The molecular weight excluding hydrogens is 250 g/mol. The average Bonchev–Trinajstić information content (AvgIpc) is 2.82. The van der Waals surface area contributed by atoms with Crippen molar-refractivity contribution in [3.05, 3.63) is 24.3 Å². The standard InChI is InChI=1S/C17H27NS/c1-17(2,3)12-13-18-15-10-6-7-11-16(15)19-14-8-4-5-9-14/h6-7,10-11,14,18H,4-5,8-9,12-13H2,1-3H3. The third-order valence-electron chi connectivity index (χ3n) is 3.67. The third kappa shape index (κ3) is 5.10. The fourth-order valence-corrected chi connectivity index (χ4v) is 3.83. The number of para-hydroxylation sites is 1. The van der Waals surface area contributed by atoms with Gasteiger partial charge in [0, 0.05) is 22.4 Å². The molecule has 0 heterocycles. The Labute approximate surface area is 122 Å². The minimum Gasteiger partial charge on any atom is -0.384 e. The molecule has 0 aromatic heterocycles. The van der Waals surface area contributed by atoms with Crippen LogP contribution in [0.1, 0.15) is 52.9 Å². The van der Waals surface area contributed by atoms with E-state index in [0.717, 1.165) is 11.8 Å². The van der Waals surface area contributed by atoms with Crippen molar-refractivity contribution in [3.63, 3.8) is 0 Å². The summed E-state index contributed by atoms with van der Waals surface area (Å²) in [6.07, 6.45) is 6.81. The van der Waals surface area contributed by atoms with Crippen molar-refractivity contribution in [2.24, 2.45) is 5.41 Å². The molecule has 1 fully saturated rings. The molecule has 1 aliphatic rings. The predicted molar refractivity (Wildman–Crippen MR) is 87.1 cm³/mol. The highest BCUT2D eigenvalue weighted by atomic mass is 32.2. The van der Waals surface area contributed by atoms with Crippen molar-refractivity contribution < 1.29 is 0 Å². The van der Waals surface area contributed by atoms with Crippen molar-refractivity contribution >= 4 is 17.4 Å². The van der Waals surface area contributed by atoms with Crippen LogP contribution in [0.15, 0.2) is 29.2 Å². The van der Waals surface area contributed by atoms with Crippen LogP contribution in [0.4, 0.5) is 5.69 Å². The topological polar surface area (TPSA) is 12.0 Å². The number of benzene rings is 1. The van der Waals surface area contributed by atoms with E-state index < -0.39 is 0 Å². The van der Waals surface area contributed by atoms with E-state index >= 15 is 0 Å². The summed E-state index contributed by atoms with van der Waals surface area (Å²) in [6, 6.07) is 8.78. The molecular formula is C17H27NS. The Morgan fingerprint density at radius 3 is 2.53 bits per heavy atom. The third-order valence-corrected chi connectivity index (χ3v) is 5.09. The molecule has 1 saturated carbocycles. The monoisotopic (exact) mass is 277 g/mol. The van der Waals surface area contributed by atoms with Gasteiger partial charge in [0.1, 0.15) is 0 Å². The average molecular weight is 277 g/mol. The molecule has 19 heavy (non-hydrogen) atoms. The summed E-state index contributed by atoms with van der Waals surface area (Å²) in [6.45, 7) is 7.96. The first kappa shape index (κ1) is 14.8. The maximum absolute atomic E-state index is 3.62. The minimum absolute atomic E-state index is 0.403. The zero-order valence-electron chi connectivity index (χ0n) is 12.5. The summed E-state index contributed by atoms with van der Waals surface area (Å²) >= 11 is 2.07. The molecule has 0 amide bonds. The lowest BCUT2D eigenvalue weighted by molar-refractivity contribution is 0.389. The van der Waals surface area contributed by atoms with Crippen LogP contribution in [0, 0.1) is 5.41 Å². The minimum atomic E-state index is 0.403. The summed E-state index contributed by atoms with van der Waals surface area (Å²) in [7, 11) is 0. The SMILES string of the molecule is CC(C)(C)CCNc1ccccc1SC1CCCC1. The van der Waals surface area contributed by atoms with Gasteiger partial charge < -0.3 is 5.32 Å². The van der Waals surface area contributed by atoms with Gasteiger partial charge in [-0.05, 0) is 36.8 Å². The van der Waals surface area contributed by atoms with Crippen LogP contribution in [-0.4, -0.2) is 11.8 Å². The summed E-state index contributed by atoms with van der Waals surface area (Å²) in [5.74, 6) is 0. The molecule has 1 aliphatic carbocycles. The molecule has 2 heteroatoms. The summed E-state index contributed by atoms with van der Waals surface area (Å²) < 4.78 is 0. The van der Waals surface area contributed by atoms with Gasteiger partial charge in [-0.25, -0.2) is 0 Å². The van der Waals surface area contributed by atoms with Crippen LogP contribution < -0.4 is 5.32 Å². The van der Waals surface area contributed by atoms with Crippen LogP contribution in [0.2, 0.25) is 0 Å². The number of hydrogen-bond acceptors (Lipinski definition) is 2. The lowest BCUT2D eigenvalue weighted by Gasteiger charge is -2.20. The van der Waals surface area contributed by atoms with E-state index in [-0.39, 0.29) is 0 Å². The molecule has 106 valence electrons. The zero-order valence-corrected chi connectivity index (χ0v) is 13.4. The van der Waals surface area contributed by atoms with E-state index in [4.69, 9.17) is 0 Å². The van der Waals surface area contributed by atoms with E-state index in [1.165, 1.54) is 42.7 Å². The molecule has 0 saturated heterocycles. The van der Waals surface area contributed by atoms with Crippen LogP contribution in [0.5, 0.6) is 0 Å². The van der Waals surface area contributed by atoms with Crippen LogP contribution in [0.25, 0.3) is 0 Å². The molecule has 1 aromatic rings. The summed E-state index contributed by atoms with van der Waals surface area (Å²) in [5.41, 5.74) is 1.73. The van der Waals surface area contributed by atoms with Crippen LogP contribution in [0.3, 0.4) is 0 Å². The predicted octanol–water partition coefficient (Wildman–Crippen LogP) is 5.57. The first-order chi connectivity index (χ1) is 9.04. The Bertz CT molecular complexity index is 388. The van der Waals surface area contributed by atoms with Gasteiger partial charge in [-0.2, -0.15) is 0 Å². The molecule has 2 rings (SSSR count). The Kier molecular flexibility index (Phi) is 5.20. The van der Waals surface area contributed by atoms with E-state index in [1.54, 1.807) is 0 Å². The number of hydrogen-bond donors (Lipinski definition) is 1. The maximum atomic E-state index is 3.62. The van der Waals surface area contributed by atoms with Crippen molar-refractivity contribution in [2.45, 2.75) is 63.0 Å². The van der Waals surface area contributed by atoms with E-state index in [1.807, 2.05) is 0 Å². The highest BCUT2D eigenvalue weighted by Gasteiger charge is 2.17. The van der Waals surface area contributed by atoms with Gasteiger partial charge in [0.15, 0.2) is 0 Å². The second-order valence-electron chi connectivity index (χ2n) is 6.76. The first-order valence-electron chi connectivity index (χ1n) is 7.54. The number of nitrogens with one attached hydrogen (secondary N) is 1. The number of rotatable bonds is 5. The van der Waals surface area contributed by atoms with Crippen molar-refractivity contribution in [1.82, 2.24) is 0 Å². The van der Waals surface area contributed by atoms with E-state index in [0.29, 0.717) is 5.41 Å². The lowest BCUT2D eigenvalue weighted by atomic mass is 9.92. The van der Waals surface area contributed by atoms with Gasteiger partial charge in [0.05, 0.1) is 0 Å². The first-order valence-corrected chi connectivity index (χ1v) is 8.42. The molecule has 1 nitrogen and oxygen atoms in total. The summed E-state index contributed by atoms with van der Waals surface area (Å²) in [5, 5.41) is 4.46. The normalized spacial score (nSPS) is 16.8. The van der Waals surface area contributed by atoms with Gasteiger partial charge in [-0.1, -0.05) is 45.7 Å². The number of thioether (sulfide) groups is 1. The Morgan fingerprint density at radius 2 is 1.84 bits per heavy atom. The van der Waals surface area contributed by atoms with Gasteiger partial charge in [0.25, 0.3) is 0 Å².